The Kier molecular flexibility index (Phi) is 4.53. The predicted octanol–water partition coefficient (Wildman–Crippen LogP) is 2.27. The molecule has 0 saturated carbocycles. The van der Waals surface area contributed by atoms with Crippen LogP contribution in [0.5, 0.6) is 0 Å². The smallest absolute Gasteiger partial charge is 0.308 e. The summed E-state index contributed by atoms with van der Waals surface area (Å²) in [4.78, 5) is 10.8. The van der Waals surface area contributed by atoms with Gasteiger partial charge in [0.2, 0.25) is 0 Å². The number of nitrogens with zero attached hydrogens (tertiary/aromatic N) is 1. The third-order valence-electron chi connectivity index (χ3n) is 2.77. The van der Waals surface area contributed by atoms with E-state index in [1.54, 1.807) is 6.92 Å². The second-order valence-electron chi connectivity index (χ2n) is 4.09. The van der Waals surface area contributed by atoms with E-state index in [-0.39, 0.29) is 6.04 Å². The maximum Gasteiger partial charge on any atom is 0.308 e. The Hall–Kier alpha value is -2.02. The highest BCUT2D eigenvalue weighted by atomic mass is 16.4. The number of benzene rings is 1. The van der Waals surface area contributed by atoms with Gasteiger partial charge < -0.3 is 10.4 Å². The molecule has 1 aromatic rings. The minimum Gasteiger partial charge on any atom is -0.481 e. The SMILES string of the molecule is CC(Nc1ccc(CC#N)cc1)C(C)C(=O)O. The molecule has 0 amide bonds. The second kappa shape index (κ2) is 5.90. The average Bonchev–Trinajstić information content (AvgIpc) is 2.30. The molecular weight excluding hydrogens is 216 g/mol. The van der Waals surface area contributed by atoms with E-state index in [4.69, 9.17) is 10.4 Å². The molecule has 2 atom stereocenters. The molecule has 4 heteroatoms. The van der Waals surface area contributed by atoms with Gasteiger partial charge in [0.15, 0.2) is 0 Å². The Labute approximate surface area is 101 Å². The quantitative estimate of drug-likeness (QED) is 0.816. The van der Waals surface area contributed by atoms with Crippen molar-refractivity contribution >= 4 is 11.7 Å². The molecule has 0 aliphatic rings. The van der Waals surface area contributed by atoms with Crippen LogP contribution >= 0.6 is 0 Å². The average molecular weight is 232 g/mol. The summed E-state index contributed by atoms with van der Waals surface area (Å²) < 4.78 is 0. The summed E-state index contributed by atoms with van der Waals surface area (Å²) in [5.74, 6) is -1.26. The molecule has 1 aromatic carbocycles. The zero-order chi connectivity index (χ0) is 12.8. The van der Waals surface area contributed by atoms with Crippen molar-refractivity contribution in [2.24, 2.45) is 5.92 Å². The van der Waals surface area contributed by atoms with Gasteiger partial charge in [-0.3, -0.25) is 4.79 Å². The van der Waals surface area contributed by atoms with Crippen LogP contribution < -0.4 is 5.32 Å². The molecule has 0 saturated heterocycles. The van der Waals surface area contributed by atoms with Gasteiger partial charge in [0.1, 0.15) is 0 Å². The van der Waals surface area contributed by atoms with Crippen LogP contribution in [0.25, 0.3) is 0 Å². The van der Waals surface area contributed by atoms with Gasteiger partial charge in [0.25, 0.3) is 0 Å². The minimum absolute atomic E-state index is 0.144. The van der Waals surface area contributed by atoms with Crippen molar-refractivity contribution in [2.75, 3.05) is 5.32 Å². The normalized spacial score (nSPS) is 13.5. The molecule has 0 radical (unpaired) electrons. The second-order valence-corrected chi connectivity index (χ2v) is 4.09. The first-order valence-corrected chi connectivity index (χ1v) is 5.50. The number of carboxylic acids is 1. The van der Waals surface area contributed by atoms with Gasteiger partial charge >= 0.3 is 5.97 Å². The van der Waals surface area contributed by atoms with E-state index in [1.165, 1.54) is 0 Å². The van der Waals surface area contributed by atoms with E-state index in [2.05, 4.69) is 11.4 Å². The molecule has 17 heavy (non-hydrogen) atoms. The number of hydrogen-bond acceptors (Lipinski definition) is 3. The molecule has 0 spiro atoms. The molecule has 4 nitrogen and oxygen atoms in total. The molecular formula is C13H16N2O2. The molecule has 90 valence electrons. The molecule has 0 aromatic heterocycles. The summed E-state index contributed by atoms with van der Waals surface area (Å²) in [6, 6.07) is 9.38. The molecule has 0 aliphatic heterocycles. The molecule has 0 bridgehead atoms. The van der Waals surface area contributed by atoms with E-state index in [1.807, 2.05) is 31.2 Å². The van der Waals surface area contributed by atoms with Crippen LogP contribution in [0.2, 0.25) is 0 Å². The van der Waals surface area contributed by atoms with Crippen LogP contribution in [0.1, 0.15) is 19.4 Å². The summed E-state index contributed by atoms with van der Waals surface area (Å²) in [6.07, 6.45) is 0.390. The van der Waals surface area contributed by atoms with Gasteiger partial charge in [-0.2, -0.15) is 5.26 Å². The lowest BCUT2D eigenvalue weighted by Crippen LogP contribution is -2.29. The summed E-state index contributed by atoms with van der Waals surface area (Å²) in [6.45, 7) is 3.51. The van der Waals surface area contributed by atoms with Crippen LogP contribution in [0.4, 0.5) is 5.69 Å². The van der Waals surface area contributed by atoms with Crippen LogP contribution in [0.3, 0.4) is 0 Å². The van der Waals surface area contributed by atoms with Gasteiger partial charge in [-0.15, -0.1) is 0 Å². The summed E-state index contributed by atoms with van der Waals surface area (Å²) in [5.41, 5.74) is 1.82. The number of nitrogens with one attached hydrogen (secondary N) is 1. The lowest BCUT2D eigenvalue weighted by molar-refractivity contribution is -0.141. The number of carboxylic acid groups (broad SMARTS) is 1. The van der Waals surface area contributed by atoms with Gasteiger partial charge in [0.05, 0.1) is 18.4 Å². The highest BCUT2D eigenvalue weighted by molar-refractivity contribution is 5.71. The first-order chi connectivity index (χ1) is 8.04. The van der Waals surface area contributed by atoms with E-state index in [0.29, 0.717) is 6.42 Å². The highest BCUT2D eigenvalue weighted by Gasteiger charge is 2.18. The molecule has 1 rings (SSSR count). The Morgan fingerprint density at radius 3 is 2.47 bits per heavy atom. The van der Waals surface area contributed by atoms with E-state index >= 15 is 0 Å². The van der Waals surface area contributed by atoms with E-state index in [9.17, 15) is 4.79 Å². The molecule has 2 N–H and O–H groups in total. The fourth-order valence-corrected chi connectivity index (χ4v) is 1.41. The minimum atomic E-state index is -0.814. The predicted molar refractivity (Wildman–Crippen MR) is 65.6 cm³/mol. The number of rotatable bonds is 5. The third-order valence-corrected chi connectivity index (χ3v) is 2.77. The monoisotopic (exact) mass is 232 g/mol. The molecule has 2 unspecified atom stereocenters. The number of anilines is 1. The Balaban J connectivity index is 2.63. The van der Waals surface area contributed by atoms with Crippen LogP contribution in [-0.4, -0.2) is 17.1 Å². The Bertz CT molecular complexity index is 420. The maximum absolute atomic E-state index is 10.8. The van der Waals surface area contributed by atoms with Gasteiger partial charge in [-0.25, -0.2) is 0 Å². The van der Waals surface area contributed by atoms with Crippen LogP contribution in [-0.2, 0) is 11.2 Å². The first-order valence-electron chi connectivity index (χ1n) is 5.50. The lowest BCUT2D eigenvalue weighted by atomic mass is 10.0. The van der Waals surface area contributed by atoms with E-state index in [0.717, 1.165) is 11.3 Å². The number of carbonyl (C=O) groups is 1. The number of aliphatic carboxylic acids is 1. The van der Waals surface area contributed by atoms with Gasteiger partial charge in [-0.1, -0.05) is 12.1 Å². The maximum atomic E-state index is 10.8. The van der Waals surface area contributed by atoms with Crippen LogP contribution in [0.15, 0.2) is 24.3 Å². The zero-order valence-electron chi connectivity index (χ0n) is 9.97. The van der Waals surface area contributed by atoms with Crippen molar-refractivity contribution in [3.05, 3.63) is 29.8 Å². The number of nitriles is 1. The molecule has 0 heterocycles. The van der Waals surface area contributed by atoms with Gasteiger partial charge in [0, 0.05) is 11.7 Å². The Morgan fingerprint density at radius 1 is 1.41 bits per heavy atom. The number of hydrogen-bond donors (Lipinski definition) is 2. The van der Waals surface area contributed by atoms with Crippen molar-refractivity contribution in [1.29, 1.82) is 5.26 Å². The fraction of sp³-hybridized carbons (Fsp3) is 0.385. The van der Waals surface area contributed by atoms with Crippen molar-refractivity contribution in [1.82, 2.24) is 0 Å². The standard InChI is InChI=1S/C13H16N2O2/c1-9(13(16)17)10(2)15-12-5-3-11(4-6-12)7-8-14/h3-6,9-10,15H,7H2,1-2H3,(H,16,17). The topological polar surface area (TPSA) is 73.1 Å². The highest BCUT2D eigenvalue weighted by Crippen LogP contribution is 2.14. The first kappa shape index (κ1) is 13.0. The van der Waals surface area contributed by atoms with Crippen molar-refractivity contribution in [3.63, 3.8) is 0 Å². The molecule has 0 aliphatic carbocycles. The zero-order valence-corrected chi connectivity index (χ0v) is 9.97. The van der Waals surface area contributed by atoms with Crippen LogP contribution in [0, 0.1) is 17.2 Å². The summed E-state index contributed by atoms with van der Waals surface area (Å²) >= 11 is 0. The van der Waals surface area contributed by atoms with Gasteiger partial charge in [-0.05, 0) is 31.5 Å². The fourth-order valence-electron chi connectivity index (χ4n) is 1.41. The van der Waals surface area contributed by atoms with Crippen molar-refractivity contribution in [3.8, 4) is 6.07 Å². The lowest BCUT2D eigenvalue weighted by Gasteiger charge is -2.19. The van der Waals surface area contributed by atoms with Crippen molar-refractivity contribution < 1.29 is 9.90 Å². The van der Waals surface area contributed by atoms with Crippen molar-refractivity contribution in [2.45, 2.75) is 26.3 Å². The molecule has 0 fully saturated rings. The van der Waals surface area contributed by atoms with E-state index < -0.39 is 11.9 Å². The summed E-state index contributed by atoms with van der Waals surface area (Å²) in [7, 11) is 0. The Morgan fingerprint density at radius 2 is 2.00 bits per heavy atom. The third kappa shape index (κ3) is 3.80. The largest absolute Gasteiger partial charge is 0.481 e. The summed E-state index contributed by atoms with van der Waals surface area (Å²) in [5, 5.41) is 20.5.